The van der Waals surface area contributed by atoms with Crippen LogP contribution >= 0.6 is 0 Å². The first-order valence-electron chi connectivity index (χ1n) is 43.0. The molecule has 0 radical (unpaired) electrons. The maximum absolute atomic E-state index is 13.6. The highest BCUT2D eigenvalue weighted by molar-refractivity contribution is 5.92. The number of esters is 4. The minimum atomic E-state index is -0.496. The van der Waals surface area contributed by atoms with Gasteiger partial charge in [0.1, 0.15) is 23.0 Å². The fraction of sp³-hybridized carbons (Fsp3) is 0.571. The van der Waals surface area contributed by atoms with E-state index in [9.17, 15) is 19.2 Å². The molecule has 0 aliphatic carbocycles. The Labute approximate surface area is 664 Å². The van der Waals surface area contributed by atoms with Crippen LogP contribution in [-0.2, 0) is 18.9 Å². The fourth-order valence-corrected chi connectivity index (χ4v) is 13.0. The van der Waals surface area contributed by atoms with Gasteiger partial charge < -0.3 is 37.9 Å². The van der Waals surface area contributed by atoms with Crippen LogP contribution in [0.4, 0.5) is 0 Å². The zero-order valence-corrected chi connectivity index (χ0v) is 68.9. The molecule has 0 saturated heterocycles. The Hall–Kier alpha value is -8.58. The quantitative estimate of drug-likeness (QED) is 0.0158. The third-order valence-corrected chi connectivity index (χ3v) is 19.3. The van der Waals surface area contributed by atoms with Crippen LogP contribution in [0.5, 0.6) is 23.0 Å². The summed E-state index contributed by atoms with van der Waals surface area (Å²) in [4.78, 5) is 54.3. The number of carbonyl (C=O) groups is 4. The zero-order chi connectivity index (χ0) is 78.7. The maximum Gasteiger partial charge on any atom is 0.338 e. The van der Waals surface area contributed by atoms with Crippen molar-refractivity contribution in [1.29, 1.82) is 0 Å². The molecule has 598 valence electrons. The molecule has 0 spiro atoms. The van der Waals surface area contributed by atoms with Gasteiger partial charge in [0.05, 0.1) is 75.1 Å². The lowest BCUT2D eigenvalue weighted by Gasteiger charge is -2.10. The van der Waals surface area contributed by atoms with Crippen molar-refractivity contribution in [2.24, 2.45) is 0 Å². The van der Waals surface area contributed by atoms with Crippen LogP contribution in [-0.4, -0.2) is 76.7 Å². The number of hydrogen-bond acceptors (Lipinski definition) is 12. The summed E-state index contributed by atoms with van der Waals surface area (Å²) in [6.45, 7) is 18.7. The Balaban J connectivity index is 1.69. The largest absolute Gasteiger partial charge is 0.494 e. The molecule has 5 aromatic rings. The Morgan fingerprint density at radius 3 is 0.555 bits per heavy atom. The van der Waals surface area contributed by atoms with Gasteiger partial charge in [-0.15, -0.1) is 0 Å². The molecule has 5 rings (SSSR count). The summed E-state index contributed by atoms with van der Waals surface area (Å²) in [6.07, 6.45) is 47.6. The van der Waals surface area contributed by atoms with E-state index in [1.807, 2.05) is 36.4 Å². The van der Waals surface area contributed by atoms with Crippen molar-refractivity contribution >= 4 is 23.9 Å². The molecule has 0 aliphatic heterocycles. The van der Waals surface area contributed by atoms with E-state index in [0.29, 0.717) is 116 Å². The van der Waals surface area contributed by atoms with Crippen LogP contribution in [0.25, 0.3) is 0 Å². The fourth-order valence-electron chi connectivity index (χ4n) is 13.0. The molecule has 5 aromatic carbocycles. The van der Waals surface area contributed by atoms with Gasteiger partial charge in [0.25, 0.3) is 0 Å². The van der Waals surface area contributed by atoms with Crippen LogP contribution in [0.15, 0.2) is 84.9 Å². The second kappa shape index (κ2) is 59.3. The molecule has 0 N–H and O–H groups in total. The van der Waals surface area contributed by atoms with Gasteiger partial charge in [-0.3, -0.25) is 0 Å². The topological polar surface area (TPSA) is 142 Å². The summed E-state index contributed by atoms with van der Waals surface area (Å²) < 4.78 is 47.7. The van der Waals surface area contributed by atoms with Gasteiger partial charge >= 0.3 is 23.9 Å². The first-order chi connectivity index (χ1) is 53.9. The number of benzene rings is 5. The lowest BCUT2D eigenvalue weighted by atomic mass is 9.97. The molecule has 0 fully saturated rings. The van der Waals surface area contributed by atoms with E-state index < -0.39 is 23.9 Å². The third kappa shape index (κ3) is 39.9. The van der Waals surface area contributed by atoms with Crippen molar-refractivity contribution in [2.75, 3.05) is 52.9 Å². The van der Waals surface area contributed by atoms with E-state index in [2.05, 4.69) is 75.1 Å². The molecule has 0 aromatic heterocycles. The van der Waals surface area contributed by atoms with Crippen LogP contribution in [0.1, 0.15) is 398 Å². The monoisotopic (exact) mass is 1500 g/mol. The highest BCUT2D eigenvalue weighted by Crippen LogP contribution is 2.27. The molecule has 0 aliphatic rings. The van der Waals surface area contributed by atoms with E-state index >= 15 is 0 Å². The number of unbranched alkanes of at least 4 members (excludes halogenated alkanes) is 36. The summed E-state index contributed by atoms with van der Waals surface area (Å²) in [6, 6.07) is 24.7. The van der Waals surface area contributed by atoms with Gasteiger partial charge in [-0.2, -0.15) is 0 Å². The molecule has 0 unspecified atom stereocenters. The van der Waals surface area contributed by atoms with Crippen LogP contribution in [0, 0.1) is 47.4 Å². The molecular weight excluding hydrogens is 1370 g/mol. The van der Waals surface area contributed by atoms with E-state index in [0.717, 1.165) is 77.0 Å². The van der Waals surface area contributed by atoms with Gasteiger partial charge in [-0.05, 0) is 138 Å². The van der Waals surface area contributed by atoms with E-state index in [-0.39, 0.29) is 26.4 Å². The first kappa shape index (κ1) is 92.0. The Bertz CT molecular complexity index is 3260. The summed E-state index contributed by atoms with van der Waals surface area (Å²) >= 11 is 0. The second-order valence-corrected chi connectivity index (χ2v) is 28.9. The highest BCUT2D eigenvalue weighted by Gasteiger charge is 2.17. The summed E-state index contributed by atoms with van der Waals surface area (Å²) in [5.41, 5.74) is 5.09. The van der Waals surface area contributed by atoms with E-state index in [1.165, 1.54) is 180 Å². The van der Waals surface area contributed by atoms with Crippen LogP contribution in [0.3, 0.4) is 0 Å². The Kier molecular flexibility index (Phi) is 49.6. The molecule has 0 amide bonds. The Morgan fingerprint density at radius 1 is 0.209 bits per heavy atom. The number of ether oxygens (including phenoxy) is 8. The van der Waals surface area contributed by atoms with Crippen molar-refractivity contribution in [2.45, 2.75) is 312 Å². The summed E-state index contributed by atoms with van der Waals surface area (Å²) in [5, 5.41) is 0. The van der Waals surface area contributed by atoms with Gasteiger partial charge in [0.15, 0.2) is 0 Å². The average Bonchev–Trinajstić information content (AvgIpc) is 0.810. The number of carbonyl (C=O) groups excluding carboxylic acids is 4. The molecule has 0 atom stereocenters. The maximum atomic E-state index is 13.6. The molecule has 12 nitrogen and oxygen atoms in total. The normalized spacial score (nSPS) is 10.7. The zero-order valence-electron chi connectivity index (χ0n) is 68.9. The van der Waals surface area contributed by atoms with E-state index in [4.69, 9.17) is 37.9 Å². The molecule has 0 bridgehead atoms. The minimum Gasteiger partial charge on any atom is -0.494 e. The Morgan fingerprint density at radius 2 is 0.382 bits per heavy atom. The van der Waals surface area contributed by atoms with Crippen molar-refractivity contribution < 1.29 is 57.1 Å². The number of hydrogen-bond donors (Lipinski definition) is 0. The van der Waals surface area contributed by atoms with Gasteiger partial charge in [-0.25, -0.2) is 19.2 Å². The van der Waals surface area contributed by atoms with E-state index in [1.54, 1.807) is 76.2 Å². The first-order valence-corrected chi connectivity index (χ1v) is 43.0. The third-order valence-electron chi connectivity index (χ3n) is 19.3. The SMILES string of the molecule is CCCCCCCCCCCCOc1cc(C#Cc2cc(C#Cc3cc(OCCCCCCCCCCCC)cc(C(=O)OCC)c3)c(C#Cc3cc(OCCCCCCCCCCCC)cc(C(=O)OCC)c3)cc2C#Cc2cc(OCCCCCCCCCCCC)cc(C(=O)OCC)c2)cc(C(=O)OCC)c1. The molecule has 0 saturated carbocycles. The van der Waals surface area contributed by atoms with Crippen LogP contribution < -0.4 is 18.9 Å². The molecule has 12 heteroatoms. The summed E-state index contributed by atoms with van der Waals surface area (Å²) in [5.74, 6) is 27.2. The van der Waals surface area contributed by atoms with Gasteiger partial charge in [0.2, 0.25) is 0 Å². The van der Waals surface area contributed by atoms with Crippen LogP contribution in [0.2, 0.25) is 0 Å². The smallest absolute Gasteiger partial charge is 0.338 e. The standard InChI is InChI=1S/C98H134O12/c1-9-17-21-25-29-33-37-41-45-49-61-107-91-69-79(65-87(75-91)95(99)103-13-5)53-57-83-73-85(59-55-81-67-89(97(101)105-15-7)77-93(71-81)109-63-51-47-43-39-35-31-27-23-19-11-3)86(60-56-82-68-90(98(102)106-16-8)78-94(72-82)110-64-52-48-44-40-36-32-28-24-20-12-4)74-84(83)58-54-80-66-88(96(100)104-14-6)76-92(70-80)108-62-50-46-42-38-34-30-26-22-18-10-2/h65-78H,9-52,61-64H2,1-8H3. The van der Waals surface area contributed by atoms with Gasteiger partial charge in [0, 0.05) is 44.5 Å². The predicted octanol–water partition coefficient (Wildman–Crippen LogP) is 25.2. The number of rotatable bonds is 56. The lowest BCUT2D eigenvalue weighted by molar-refractivity contribution is 0.0516. The minimum absolute atomic E-state index is 0.187. The lowest BCUT2D eigenvalue weighted by Crippen LogP contribution is -2.06. The average molecular weight is 1500 g/mol. The van der Waals surface area contributed by atoms with Crippen molar-refractivity contribution in [1.82, 2.24) is 0 Å². The van der Waals surface area contributed by atoms with Crippen molar-refractivity contribution in [3.05, 3.63) is 152 Å². The molecule has 110 heavy (non-hydrogen) atoms. The van der Waals surface area contributed by atoms with Gasteiger partial charge in [-0.1, -0.05) is 306 Å². The second-order valence-electron chi connectivity index (χ2n) is 28.9. The molecular formula is C98H134O12. The van der Waals surface area contributed by atoms with Crippen molar-refractivity contribution in [3.8, 4) is 70.4 Å². The van der Waals surface area contributed by atoms with Crippen molar-refractivity contribution in [3.63, 3.8) is 0 Å². The predicted molar refractivity (Wildman–Crippen MR) is 449 cm³/mol. The highest BCUT2D eigenvalue weighted by atomic mass is 16.5. The summed E-state index contributed by atoms with van der Waals surface area (Å²) in [7, 11) is 0. The molecule has 0 heterocycles.